The van der Waals surface area contributed by atoms with Gasteiger partial charge in [-0.3, -0.25) is 4.98 Å². The van der Waals surface area contributed by atoms with Crippen LogP contribution in [-0.2, 0) is 0 Å². The molecule has 3 aromatic rings. The van der Waals surface area contributed by atoms with Gasteiger partial charge in [0, 0.05) is 55.9 Å². The maximum atomic E-state index is 7.65. The summed E-state index contributed by atoms with van der Waals surface area (Å²) < 4.78 is 5.49. The zero-order valence-electron chi connectivity index (χ0n) is 19.3. The van der Waals surface area contributed by atoms with Gasteiger partial charge in [0.25, 0.3) is 0 Å². The summed E-state index contributed by atoms with van der Waals surface area (Å²) in [5.74, 6) is 1.58. The summed E-state index contributed by atoms with van der Waals surface area (Å²) in [5, 5.41) is 14.1. The van der Waals surface area contributed by atoms with Crippen LogP contribution in [0.15, 0.2) is 42.7 Å². The van der Waals surface area contributed by atoms with Gasteiger partial charge in [-0.2, -0.15) is 0 Å². The third-order valence-corrected chi connectivity index (χ3v) is 4.89. The molecule has 2 heterocycles. The smallest absolute Gasteiger partial charge is 0.180 e. The Morgan fingerprint density at radius 3 is 2.72 bits per heavy atom. The summed E-state index contributed by atoms with van der Waals surface area (Å²) in [6, 6.07) is 10.4. The van der Waals surface area contributed by atoms with Gasteiger partial charge in [0.2, 0.25) is 0 Å². The van der Waals surface area contributed by atoms with Crippen LogP contribution in [0.1, 0.15) is 25.1 Å². The molecule has 1 aromatic carbocycles. The summed E-state index contributed by atoms with van der Waals surface area (Å²) in [7, 11) is 3.46. The summed E-state index contributed by atoms with van der Waals surface area (Å²) in [5.41, 5.74) is 4.57. The van der Waals surface area contributed by atoms with E-state index in [-0.39, 0.29) is 0 Å². The third kappa shape index (κ3) is 5.59. The zero-order chi connectivity index (χ0) is 23.1. The first kappa shape index (κ1) is 23.1. The molecular formula is C24H31N7O. The molecular weight excluding hydrogens is 402 g/mol. The second-order valence-electron chi connectivity index (χ2n) is 7.77. The molecule has 0 bridgehead atoms. The Morgan fingerprint density at radius 1 is 1.22 bits per heavy atom. The van der Waals surface area contributed by atoms with Crippen molar-refractivity contribution < 1.29 is 4.74 Å². The molecule has 8 nitrogen and oxygen atoms in total. The van der Waals surface area contributed by atoms with Crippen molar-refractivity contribution in [3.63, 3.8) is 0 Å². The Kier molecular flexibility index (Phi) is 7.72. The zero-order valence-corrected chi connectivity index (χ0v) is 19.3. The average Bonchev–Trinajstić information content (AvgIpc) is 2.79. The summed E-state index contributed by atoms with van der Waals surface area (Å²) in [6.45, 7) is 7.83. The number of pyridine rings is 1. The van der Waals surface area contributed by atoms with E-state index in [9.17, 15) is 0 Å². The van der Waals surface area contributed by atoms with Gasteiger partial charge in [0.05, 0.1) is 19.0 Å². The number of aromatic nitrogens is 3. The number of aryl methyl sites for hydroxylation is 1. The van der Waals surface area contributed by atoms with Crippen LogP contribution < -0.4 is 20.3 Å². The summed E-state index contributed by atoms with van der Waals surface area (Å²) in [6.07, 6.45) is 4.63. The molecule has 0 saturated heterocycles. The van der Waals surface area contributed by atoms with Crippen LogP contribution in [0.3, 0.4) is 0 Å². The van der Waals surface area contributed by atoms with Crippen molar-refractivity contribution in [1.29, 1.82) is 5.41 Å². The number of anilines is 2. The maximum Gasteiger partial charge on any atom is 0.180 e. The van der Waals surface area contributed by atoms with Crippen LogP contribution in [0.2, 0.25) is 0 Å². The van der Waals surface area contributed by atoms with Crippen LogP contribution in [0.25, 0.3) is 16.7 Å². The Balaban J connectivity index is 2.06. The molecule has 32 heavy (non-hydrogen) atoms. The second kappa shape index (κ2) is 10.7. The first-order valence-corrected chi connectivity index (χ1v) is 10.6. The highest BCUT2D eigenvalue weighted by molar-refractivity contribution is 6.07. The number of fused-ring (bicyclic) bond motifs is 1. The van der Waals surface area contributed by atoms with E-state index in [1.54, 1.807) is 26.6 Å². The predicted molar refractivity (Wildman–Crippen MR) is 131 cm³/mol. The first-order chi connectivity index (χ1) is 15.4. The van der Waals surface area contributed by atoms with Gasteiger partial charge in [-0.25, -0.2) is 9.97 Å². The molecule has 0 aliphatic rings. The quantitative estimate of drug-likeness (QED) is 0.419. The number of nitrogens with zero attached hydrogens (tertiary/aromatic N) is 4. The predicted octanol–water partition coefficient (Wildman–Crippen LogP) is 3.69. The highest BCUT2D eigenvalue weighted by atomic mass is 16.5. The molecule has 0 radical (unpaired) electrons. The number of methoxy groups -OCH3 is 1. The molecule has 0 aliphatic carbocycles. The van der Waals surface area contributed by atoms with Gasteiger partial charge in [0.15, 0.2) is 5.65 Å². The van der Waals surface area contributed by atoms with E-state index < -0.39 is 0 Å². The van der Waals surface area contributed by atoms with E-state index in [1.165, 1.54) is 6.21 Å². The number of allylic oxidation sites excluding steroid dienone is 1. The molecule has 0 fully saturated rings. The van der Waals surface area contributed by atoms with Crippen LogP contribution in [-0.4, -0.2) is 54.5 Å². The molecule has 3 N–H and O–H groups in total. The number of hydrogen-bond donors (Lipinski definition) is 3. The van der Waals surface area contributed by atoms with E-state index in [2.05, 4.69) is 52.3 Å². The minimum absolute atomic E-state index is 0.389. The molecule has 0 spiro atoms. The van der Waals surface area contributed by atoms with Crippen LogP contribution in [0, 0.1) is 12.3 Å². The number of rotatable bonds is 10. The average molecular weight is 434 g/mol. The van der Waals surface area contributed by atoms with Crippen molar-refractivity contribution in [2.75, 3.05) is 32.1 Å². The molecule has 0 amide bonds. The van der Waals surface area contributed by atoms with Crippen LogP contribution in [0.5, 0.6) is 5.75 Å². The fraction of sp³-hybridized carbons (Fsp3) is 0.333. The normalized spacial score (nSPS) is 11.6. The van der Waals surface area contributed by atoms with Crippen molar-refractivity contribution in [3.8, 4) is 5.75 Å². The highest BCUT2D eigenvalue weighted by Crippen LogP contribution is 2.29. The Bertz CT molecular complexity index is 1110. The van der Waals surface area contributed by atoms with Crippen molar-refractivity contribution in [1.82, 2.24) is 25.6 Å². The largest absolute Gasteiger partial charge is 0.497 e. The third-order valence-electron chi connectivity index (χ3n) is 4.89. The first-order valence-electron chi connectivity index (χ1n) is 10.6. The lowest BCUT2D eigenvalue weighted by molar-refractivity contribution is 0.414. The van der Waals surface area contributed by atoms with E-state index in [4.69, 9.17) is 15.1 Å². The molecule has 168 valence electrons. The molecule has 0 aliphatic heterocycles. The molecule has 3 rings (SSSR count). The second-order valence-corrected chi connectivity index (χ2v) is 7.77. The molecule has 2 aromatic heterocycles. The van der Waals surface area contributed by atoms with Gasteiger partial charge in [-0.15, -0.1) is 0 Å². The lowest BCUT2D eigenvalue weighted by atomic mass is 10.2. The topological polar surface area (TPSA) is 99.1 Å². The van der Waals surface area contributed by atoms with Crippen molar-refractivity contribution in [2.45, 2.75) is 26.8 Å². The summed E-state index contributed by atoms with van der Waals surface area (Å²) >= 11 is 0. The van der Waals surface area contributed by atoms with E-state index in [1.807, 2.05) is 24.3 Å². The van der Waals surface area contributed by atoms with Gasteiger partial charge < -0.3 is 25.7 Å². The van der Waals surface area contributed by atoms with E-state index >= 15 is 0 Å². The fourth-order valence-electron chi connectivity index (χ4n) is 3.37. The molecule has 8 heteroatoms. The lowest BCUT2D eigenvalue weighted by Gasteiger charge is -2.25. The molecule has 0 unspecified atom stereocenters. The van der Waals surface area contributed by atoms with E-state index in [0.29, 0.717) is 28.5 Å². The highest BCUT2D eigenvalue weighted by Gasteiger charge is 2.15. The van der Waals surface area contributed by atoms with Crippen molar-refractivity contribution in [2.24, 2.45) is 0 Å². The minimum atomic E-state index is 0.389. The Morgan fingerprint density at radius 2 is 2.03 bits per heavy atom. The van der Waals surface area contributed by atoms with Crippen LogP contribution >= 0.6 is 0 Å². The number of benzene rings is 1. The van der Waals surface area contributed by atoms with Crippen molar-refractivity contribution >= 4 is 34.5 Å². The van der Waals surface area contributed by atoms with E-state index in [0.717, 1.165) is 35.9 Å². The standard InChI is InChI=1S/C24H31N7O/c1-16(2)27-8-9-31(19-10-17(3)11-20(12-19)32-5)23-7-6-21-24(30-23)29-22(15-28-21)18(13-25)14-26-4/h6-7,10-16,25-27H,8-9H2,1-5H3/b18-14+,25-13?. The van der Waals surface area contributed by atoms with Gasteiger partial charge in [-0.05, 0) is 36.8 Å². The number of nitrogens with one attached hydrogen (secondary N) is 3. The fourth-order valence-corrected chi connectivity index (χ4v) is 3.37. The molecule has 0 atom stereocenters. The van der Waals surface area contributed by atoms with Gasteiger partial charge >= 0.3 is 0 Å². The monoisotopic (exact) mass is 433 g/mol. The number of ether oxygens (including phenoxy) is 1. The Labute approximate surface area is 189 Å². The van der Waals surface area contributed by atoms with Gasteiger partial charge in [0.1, 0.15) is 17.1 Å². The SMILES string of the molecule is CN/C=C(\C=N)c1cnc2ccc(N(CCNC(C)C)c3cc(C)cc(OC)c3)nc2n1. The van der Waals surface area contributed by atoms with Gasteiger partial charge in [-0.1, -0.05) is 13.8 Å². The lowest BCUT2D eigenvalue weighted by Crippen LogP contribution is -2.33. The Hall–Kier alpha value is -3.52. The maximum absolute atomic E-state index is 7.65. The van der Waals surface area contributed by atoms with Crippen molar-refractivity contribution in [3.05, 3.63) is 54.0 Å². The van der Waals surface area contributed by atoms with Crippen LogP contribution in [0.4, 0.5) is 11.5 Å². The number of hydrogen-bond acceptors (Lipinski definition) is 8. The molecule has 0 saturated carbocycles. The summed E-state index contributed by atoms with van der Waals surface area (Å²) in [4.78, 5) is 16.1. The minimum Gasteiger partial charge on any atom is -0.497 e.